The van der Waals surface area contributed by atoms with Crippen molar-refractivity contribution in [2.45, 2.75) is 4.90 Å². The quantitative estimate of drug-likeness (QED) is 0.909. The van der Waals surface area contributed by atoms with Gasteiger partial charge in [0.15, 0.2) is 0 Å². The molecular formula is C11H7ClF2N2O3S. The second-order valence-electron chi connectivity index (χ2n) is 3.78. The number of halogens is 3. The maximum absolute atomic E-state index is 13.0. The SMILES string of the molecule is O=c1[nH]cc(S(=O)(=O)Nc2cc(F)cc(F)c2)cc1Cl. The van der Waals surface area contributed by atoms with Crippen molar-refractivity contribution in [1.29, 1.82) is 0 Å². The minimum absolute atomic E-state index is 0.287. The molecule has 0 aliphatic carbocycles. The molecule has 9 heteroatoms. The van der Waals surface area contributed by atoms with Gasteiger partial charge in [-0.15, -0.1) is 0 Å². The number of rotatable bonds is 3. The van der Waals surface area contributed by atoms with Gasteiger partial charge < -0.3 is 4.98 Å². The number of aromatic amines is 1. The summed E-state index contributed by atoms with van der Waals surface area (Å²) in [5.41, 5.74) is -0.938. The molecule has 106 valence electrons. The molecule has 0 aliphatic rings. The first-order chi connectivity index (χ1) is 9.28. The van der Waals surface area contributed by atoms with Gasteiger partial charge in [-0.25, -0.2) is 17.2 Å². The minimum Gasteiger partial charge on any atom is -0.326 e. The van der Waals surface area contributed by atoms with Gasteiger partial charge in [0.1, 0.15) is 21.6 Å². The topological polar surface area (TPSA) is 79.0 Å². The van der Waals surface area contributed by atoms with Gasteiger partial charge in [0.05, 0.1) is 5.69 Å². The first-order valence-electron chi connectivity index (χ1n) is 5.15. The third kappa shape index (κ3) is 3.14. The molecule has 1 heterocycles. The van der Waals surface area contributed by atoms with E-state index >= 15 is 0 Å². The normalized spacial score (nSPS) is 11.3. The van der Waals surface area contributed by atoms with Gasteiger partial charge in [-0.05, 0) is 18.2 Å². The van der Waals surface area contributed by atoms with Crippen molar-refractivity contribution < 1.29 is 17.2 Å². The fourth-order valence-corrected chi connectivity index (χ4v) is 2.69. The molecule has 0 aliphatic heterocycles. The van der Waals surface area contributed by atoms with Crippen LogP contribution in [0, 0.1) is 11.6 Å². The highest BCUT2D eigenvalue weighted by atomic mass is 35.5. The lowest BCUT2D eigenvalue weighted by Crippen LogP contribution is -2.16. The Hall–Kier alpha value is -1.93. The molecule has 1 aromatic carbocycles. The van der Waals surface area contributed by atoms with Crippen LogP contribution in [0.2, 0.25) is 5.02 Å². The van der Waals surface area contributed by atoms with Crippen molar-refractivity contribution in [2.75, 3.05) is 4.72 Å². The van der Waals surface area contributed by atoms with Crippen molar-refractivity contribution in [3.05, 3.63) is 57.5 Å². The molecule has 2 N–H and O–H groups in total. The summed E-state index contributed by atoms with van der Waals surface area (Å²) in [5.74, 6) is -1.86. The van der Waals surface area contributed by atoms with Gasteiger partial charge in [0, 0.05) is 12.3 Å². The van der Waals surface area contributed by atoms with Crippen molar-refractivity contribution in [2.24, 2.45) is 0 Å². The van der Waals surface area contributed by atoms with Crippen LogP contribution in [0.4, 0.5) is 14.5 Å². The molecule has 2 aromatic rings. The fourth-order valence-electron chi connectivity index (χ4n) is 1.42. The van der Waals surface area contributed by atoms with Crippen LogP contribution in [-0.2, 0) is 10.0 Å². The smallest absolute Gasteiger partial charge is 0.266 e. The average Bonchev–Trinajstić information content (AvgIpc) is 2.30. The number of aromatic nitrogens is 1. The van der Waals surface area contributed by atoms with Gasteiger partial charge in [-0.2, -0.15) is 0 Å². The molecule has 0 saturated heterocycles. The van der Waals surface area contributed by atoms with Crippen LogP contribution in [0.5, 0.6) is 0 Å². The second-order valence-corrected chi connectivity index (χ2v) is 5.87. The second kappa shape index (κ2) is 5.22. The first kappa shape index (κ1) is 14.5. The van der Waals surface area contributed by atoms with Gasteiger partial charge >= 0.3 is 0 Å². The summed E-state index contributed by atoms with van der Waals surface area (Å²) in [5, 5.41) is -0.321. The number of nitrogens with one attached hydrogen (secondary N) is 2. The van der Waals surface area contributed by atoms with Crippen LogP contribution in [-0.4, -0.2) is 13.4 Å². The number of anilines is 1. The predicted molar refractivity (Wildman–Crippen MR) is 69.2 cm³/mol. The maximum atomic E-state index is 13.0. The lowest BCUT2D eigenvalue weighted by atomic mass is 10.3. The monoisotopic (exact) mass is 320 g/mol. The van der Waals surface area contributed by atoms with E-state index in [4.69, 9.17) is 11.6 Å². The van der Waals surface area contributed by atoms with Crippen LogP contribution < -0.4 is 10.3 Å². The van der Waals surface area contributed by atoms with Crippen molar-refractivity contribution >= 4 is 27.3 Å². The summed E-state index contributed by atoms with van der Waals surface area (Å²) in [4.78, 5) is 12.8. The Kier molecular flexibility index (Phi) is 3.78. The summed E-state index contributed by atoms with van der Waals surface area (Å²) >= 11 is 5.52. The van der Waals surface area contributed by atoms with E-state index < -0.39 is 27.2 Å². The Balaban J connectivity index is 2.40. The molecule has 0 fully saturated rings. The highest BCUT2D eigenvalue weighted by Gasteiger charge is 2.16. The summed E-state index contributed by atoms with van der Waals surface area (Å²) < 4.78 is 51.8. The van der Waals surface area contributed by atoms with Crippen molar-refractivity contribution in [3.8, 4) is 0 Å². The molecule has 0 saturated carbocycles. The highest BCUT2D eigenvalue weighted by Crippen LogP contribution is 2.18. The summed E-state index contributed by atoms with van der Waals surface area (Å²) in [6.45, 7) is 0. The van der Waals surface area contributed by atoms with Gasteiger partial charge in [0.2, 0.25) is 0 Å². The van der Waals surface area contributed by atoms with Crippen LogP contribution in [0.3, 0.4) is 0 Å². The molecular weight excluding hydrogens is 314 g/mol. The highest BCUT2D eigenvalue weighted by molar-refractivity contribution is 7.92. The van der Waals surface area contributed by atoms with Crippen molar-refractivity contribution in [3.63, 3.8) is 0 Å². The Morgan fingerprint density at radius 2 is 1.70 bits per heavy atom. The van der Waals surface area contributed by atoms with E-state index in [-0.39, 0.29) is 15.6 Å². The molecule has 2 rings (SSSR count). The molecule has 1 aromatic heterocycles. The Morgan fingerprint density at radius 1 is 1.10 bits per heavy atom. The van der Waals surface area contributed by atoms with E-state index in [2.05, 4.69) is 4.98 Å². The van der Waals surface area contributed by atoms with Gasteiger partial charge in [0.25, 0.3) is 15.6 Å². The van der Waals surface area contributed by atoms with Crippen LogP contribution in [0.15, 0.2) is 40.2 Å². The third-order valence-corrected chi connectivity index (χ3v) is 3.90. The molecule has 0 bridgehead atoms. The number of benzene rings is 1. The largest absolute Gasteiger partial charge is 0.326 e. The van der Waals surface area contributed by atoms with Gasteiger partial charge in [-0.1, -0.05) is 11.6 Å². The van der Waals surface area contributed by atoms with Crippen LogP contribution >= 0.6 is 11.6 Å². The number of hydrogen-bond donors (Lipinski definition) is 2. The summed E-state index contributed by atoms with van der Waals surface area (Å²) in [6.07, 6.45) is 0.923. The Labute approximate surface area is 117 Å². The zero-order valence-electron chi connectivity index (χ0n) is 9.65. The molecule has 5 nitrogen and oxygen atoms in total. The van der Waals surface area contributed by atoms with E-state index in [0.29, 0.717) is 6.07 Å². The number of sulfonamides is 1. The average molecular weight is 321 g/mol. The first-order valence-corrected chi connectivity index (χ1v) is 7.01. The van der Waals surface area contributed by atoms with E-state index in [1.165, 1.54) is 0 Å². The maximum Gasteiger partial charge on any atom is 0.266 e. The standard InChI is InChI=1S/C11H7ClF2N2O3S/c12-10-4-9(5-15-11(10)17)20(18,19)16-8-2-6(13)1-7(14)3-8/h1-5,16H,(H,15,17). The molecule has 0 radical (unpaired) electrons. The molecule has 0 unspecified atom stereocenters. The van der Waals surface area contributed by atoms with Gasteiger partial charge in [-0.3, -0.25) is 9.52 Å². The van der Waals surface area contributed by atoms with E-state index in [9.17, 15) is 22.0 Å². The zero-order valence-corrected chi connectivity index (χ0v) is 11.2. The number of hydrogen-bond acceptors (Lipinski definition) is 3. The minimum atomic E-state index is -4.12. The number of pyridine rings is 1. The lowest BCUT2D eigenvalue weighted by molar-refractivity contribution is 0.584. The summed E-state index contributed by atoms with van der Waals surface area (Å²) in [7, 11) is -4.12. The summed E-state index contributed by atoms with van der Waals surface area (Å²) in [6, 6.07) is 3.16. The molecule has 0 amide bonds. The van der Waals surface area contributed by atoms with Crippen LogP contribution in [0.1, 0.15) is 0 Å². The van der Waals surface area contributed by atoms with E-state index in [0.717, 1.165) is 24.4 Å². The van der Waals surface area contributed by atoms with E-state index in [1.807, 2.05) is 4.72 Å². The fraction of sp³-hybridized carbons (Fsp3) is 0. The number of H-pyrrole nitrogens is 1. The molecule has 0 spiro atoms. The Bertz CT molecular complexity index is 800. The molecule has 20 heavy (non-hydrogen) atoms. The Morgan fingerprint density at radius 3 is 2.25 bits per heavy atom. The van der Waals surface area contributed by atoms with E-state index in [1.54, 1.807) is 0 Å². The predicted octanol–water partition coefficient (Wildman–Crippen LogP) is 2.11. The zero-order chi connectivity index (χ0) is 14.9. The lowest BCUT2D eigenvalue weighted by Gasteiger charge is -2.08. The van der Waals surface area contributed by atoms with Crippen molar-refractivity contribution in [1.82, 2.24) is 4.98 Å². The van der Waals surface area contributed by atoms with Crippen LogP contribution in [0.25, 0.3) is 0 Å². The molecule has 0 atom stereocenters. The third-order valence-electron chi connectivity index (χ3n) is 2.26.